The first-order valence-corrected chi connectivity index (χ1v) is 3.77. The van der Waals surface area contributed by atoms with Gasteiger partial charge in [-0.05, 0) is 31.2 Å². The van der Waals surface area contributed by atoms with Crippen molar-refractivity contribution in [2.24, 2.45) is 5.10 Å². The van der Waals surface area contributed by atoms with Crippen LogP contribution in [0.3, 0.4) is 0 Å². The van der Waals surface area contributed by atoms with E-state index in [-0.39, 0.29) is 11.7 Å². The fraction of sp³-hybridized carbons (Fsp3) is 0.111. The quantitative estimate of drug-likeness (QED) is 0.544. The van der Waals surface area contributed by atoms with Crippen LogP contribution in [0.25, 0.3) is 0 Å². The molecule has 1 aromatic carbocycles. The average Bonchev–Trinajstić information content (AvgIpc) is 2.15. The van der Waals surface area contributed by atoms with Crippen molar-refractivity contribution in [1.29, 1.82) is 0 Å². The maximum atomic E-state index is 12.4. The minimum absolute atomic E-state index is 0.349. The predicted molar refractivity (Wildman–Crippen MR) is 48.0 cm³/mol. The fourth-order valence-electron chi connectivity index (χ4n) is 0.789. The number of nitrogens with zero attached hydrogens (tertiary/aromatic N) is 1. The maximum Gasteiger partial charge on any atom is 0.271 e. The van der Waals surface area contributed by atoms with Gasteiger partial charge < -0.3 is 0 Å². The Bertz CT molecular complexity index is 319. The first-order valence-electron chi connectivity index (χ1n) is 3.77. The molecule has 13 heavy (non-hydrogen) atoms. The number of carbonyl (C=O) groups is 1. The third-order valence-electron chi connectivity index (χ3n) is 1.40. The highest BCUT2D eigenvalue weighted by Gasteiger charge is 2.02. The van der Waals surface area contributed by atoms with Crippen LogP contribution >= 0.6 is 0 Å². The molecule has 0 saturated carbocycles. The molecule has 0 radical (unpaired) electrons. The molecule has 0 spiro atoms. The van der Waals surface area contributed by atoms with E-state index in [0.717, 1.165) is 0 Å². The topological polar surface area (TPSA) is 41.5 Å². The number of hydrazone groups is 1. The predicted octanol–water partition coefficient (Wildman–Crippen LogP) is 1.56. The van der Waals surface area contributed by atoms with Crippen molar-refractivity contribution in [3.05, 3.63) is 35.6 Å². The Labute approximate surface area is 75.3 Å². The third-order valence-corrected chi connectivity index (χ3v) is 1.40. The highest BCUT2D eigenvalue weighted by atomic mass is 19.1. The Kier molecular flexibility index (Phi) is 3.14. The standard InChI is InChI=1S/C9H9FN2O/c1-2-11-12-9(13)7-3-5-8(10)6-4-7/h2-6H,1H3,(H,12,13)/b11-2+. The molecule has 3 nitrogen and oxygen atoms in total. The van der Waals surface area contributed by atoms with Crippen LogP contribution in [0, 0.1) is 5.82 Å². The molecule has 0 aliphatic rings. The third kappa shape index (κ3) is 2.66. The highest BCUT2D eigenvalue weighted by molar-refractivity contribution is 5.94. The van der Waals surface area contributed by atoms with Crippen LogP contribution in [0.2, 0.25) is 0 Å². The summed E-state index contributed by atoms with van der Waals surface area (Å²) in [6.07, 6.45) is 1.46. The van der Waals surface area contributed by atoms with E-state index < -0.39 is 0 Å². The van der Waals surface area contributed by atoms with E-state index in [1.165, 1.54) is 30.5 Å². The van der Waals surface area contributed by atoms with E-state index in [0.29, 0.717) is 5.56 Å². The van der Waals surface area contributed by atoms with Crippen LogP contribution in [0.5, 0.6) is 0 Å². The van der Waals surface area contributed by atoms with E-state index >= 15 is 0 Å². The first-order chi connectivity index (χ1) is 6.24. The molecule has 1 rings (SSSR count). The molecular weight excluding hydrogens is 171 g/mol. The van der Waals surface area contributed by atoms with Gasteiger partial charge >= 0.3 is 0 Å². The number of rotatable bonds is 2. The summed E-state index contributed by atoms with van der Waals surface area (Å²) in [6, 6.07) is 5.25. The lowest BCUT2D eigenvalue weighted by molar-refractivity contribution is 0.0955. The van der Waals surface area contributed by atoms with Crippen molar-refractivity contribution in [3.63, 3.8) is 0 Å². The molecule has 0 bridgehead atoms. The van der Waals surface area contributed by atoms with E-state index in [1.807, 2.05) is 0 Å². The number of benzene rings is 1. The molecule has 1 N–H and O–H groups in total. The highest BCUT2D eigenvalue weighted by Crippen LogP contribution is 2.01. The van der Waals surface area contributed by atoms with E-state index in [2.05, 4.69) is 10.5 Å². The normalized spacial score (nSPS) is 10.3. The monoisotopic (exact) mass is 180 g/mol. The van der Waals surface area contributed by atoms with Gasteiger partial charge in [0.05, 0.1) is 0 Å². The second-order valence-corrected chi connectivity index (χ2v) is 2.34. The Hall–Kier alpha value is -1.71. The Balaban J connectivity index is 2.72. The zero-order valence-electron chi connectivity index (χ0n) is 7.12. The van der Waals surface area contributed by atoms with E-state index in [1.54, 1.807) is 6.92 Å². The van der Waals surface area contributed by atoms with Crippen molar-refractivity contribution in [2.75, 3.05) is 0 Å². The van der Waals surface area contributed by atoms with E-state index in [9.17, 15) is 9.18 Å². The largest absolute Gasteiger partial charge is 0.271 e. The minimum Gasteiger partial charge on any atom is -0.267 e. The van der Waals surface area contributed by atoms with Crippen LogP contribution < -0.4 is 5.43 Å². The van der Waals surface area contributed by atoms with Crippen molar-refractivity contribution in [2.45, 2.75) is 6.92 Å². The fourth-order valence-corrected chi connectivity index (χ4v) is 0.789. The lowest BCUT2D eigenvalue weighted by Gasteiger charge is -1.98. The first kappa shape index (κ1) is 9.38. The van der Waals surface area contributed by atoms with Gasteiger partial charge in [-0.2, -0.15) is 5.10 Å². The summed E-state index contributed by atoms with van der Waals surface area (Å²) in [5, 5.41) is 3.55. The number of hydrogen-bond donors (Lipinski definition) is 1. The van der Waals surface area contributed by atoms with Crippen LogP contribution in [-0.4, -0.2) is 12.1 Å². The number of nitrogens with one attached hydrogen (secondary N) is 1. The molecule has 4 heteroatoms. The SMILES string of the molecule is C/C=N/NC(=O)c1ccc(F)cc1. The lowest BCUT2D eigenvalue weighted by Crippen LogP contribution is -2.17. The molecule has 1 aromatic rings. The van der Waals surface area contributed by atoms with Crippen LogP contribution in [-0.2, 0) is 0 Å². The summed E-state index contributed by atoms with van der Waals surface area (Å²) < 4.78 is 12.4. The maximum absolute atomic E-state index is 12.4. The van der Waals surface area contributed by atoms with Gasteiger partial charge in [-0.1, -0.05) is 0 Å². The van der Waals surface area contributed by atoms with Gasteiger partial charge in [-0.3, -0.25) is 4.79 Å². The van der Waals surface area contributed by atoms with Crippen molar-refractivity contribution in [1.82, 2.24) is 5.43 Å². The number of amides is 1. The summed E-state index contributed by atoms with van der Waals surface area (Å²) in [5.41, 5.74) is 2.66. The molecule has 1 amide bonds. The van der Waals surface area contributed by atoms with Gasteiger partial charge in [-0.15, -0.1) is 0 Å². The van der Waals surface area contributed by atoms with Gasteiger partial charge in [0.25, 0.3) is 5.91 Å². The van der Waals surface area contributed by atoms with Crippen LogP contribution in [0.1, 0.15) is 17.3 Å². The van der Waals surface area contributed by atoms with Gasteiger partial charge in [0, 0.05) is 11.8 Å². The molecule has 0 aliphatic carbocycles. The molecule has 0 saturated heterocycles. The molecule has 0 atom stereocenters. The number of carbonyl (C=O) groups excluding carboxylic acids is 1. The molecule has 0 unspecified atom stereocenters. The Morgan fingerprint density at radius 2 is 2.08 bits per heavy atom. The summed E-state index contributed by atoms with van der Waals surface area (Å²) >= 11 is 0. The van der Waals surface area contributed by atoms with Gasteiger partial charge in [0.1, 0.15) is 5.82 Å². The summed E-state index contributed by atoms with van der Waals surface area (Å²) in [7, 11) is 0. The van der Waals surface area contributed by atoms with E-state index in [4.69, 9.17) is 0 Å². The van der Waals surface area contributed by atoms with Gasteiger partial charge in [-0.25, -0.2) is 9.82 Å². The van der Waals surface area contributed by atoms with Crippen molar-refractivity contribution in [3.8, 4) is 0 Å². The van der Waals surface area contributed by atoms with Crippen molar-refractivity contribution >= 4 is 12.1 Å². The second kappa shape index (κ2) is 4.35. The van der Waals surface area contributed by atoms with Crippen molar-refractivity contribution < 1.29 is 9.18 Å². The second-order valence-electron chi connectivity index (χ2n) is 2.34. The zero-order chi connectivity index (χ0) is 9.68. The van der Waals surface area contributed by atoms with Gasteiger partial charge in [0.2, 0.25) is 0 Å². The smallest absolute Gasteiger partial charge is 0.267 e. The molecule has 0 heterocycles. The average molecular weight is 180 g/mol. The Morgan fingerprint density at radius 3 is 2.62 bits per heavy atom. The number of hydrogen-bond acceptors (Lipinski definition) is 2. The Morgan fingerprint density at radius 1 is 1.46 bits per heavy atom. The molecule has 0 aliphatic heterocycles. The molecular formula is C9H9FN2O. The lowest BCUT2D eigenvalue weighted by atomic mass is 10.2. The van der Waals surface area contributed by atoms with Gasteiger partial charge in [0.15, 0.2) is 0 Å². The van der Waals surface area contributed by atoms with Crippen LogP contribution in [0.4, 0.5) is 4.39 Å². The summed E-state index contributed by atoms with van der Waals surface area (Å²) in [5.74, 6) is -0.714. The van der Waals surface area contributed by atoms with Crippen LogP contribution in [0.15, 0.2) is 29.4 Å². The summed E-state index contributed by atoms with van der Waals surface area (Å²) in [4.78, 5) is 11.2. The summed E-state index contributed by atoms with van der Waals surface area (Å²) in [6.45, 7) is 1.69. The minimum atomic E-state index is -0.365. The zero-order valence-corrected chi connectivity index (χ0v) is 7.12. The molecule has 0 aromatic heterocycles. The number of halogens is 1. The molecule has 0 fully saturated rings. The molecule has 68 valence electrons.